The van der Waals surface area contributed by atoms with Gasteiger partial charge in [-0.05, 0) is 25.3 Å². The summed E-state index contributed by atoms with van der Waals surface area (Å²) in [4.78, 5) is 9.84. The standard InChI is InChI=1S/C10H13BrN2O4S2/c1-7(6-18-2)12-19(16,17)10-5-8(11)3-4-9(10)13(14)15/h3-5,7,12H,6H2,1-2H3. The Morgan fingerprint density at radius 3 is 2.68 bits per heavy atom. The zero-order valence-electron chi connectivity index (χ0n) is 10.3. The molecule has 0 saturated heterocycles. The van der Waals surface area contributed by atoms with E-state index in [1.165, 1.54) is 23.9 Å². The van der Waals surface area contributed by atoms with Gasteiger partial charge in [0, 0.05) is 22.3 Å². The monoisotopic (exact) mass is 368 g/mol. The minimum Gasteiger partial charge on any atom is -0.258 e. The number of nitro groups is 1. The van der Waals surface area contributed by atoms with Crippen molar-refractivity contribution in [2.45, 2.75) is 17.9 Å². The maximum absolute atomic E-state index is 12.1. The van der Waals surface area contributed by atoms with Crippen LogP contribution in [0, 0.1) is 10.1 Å². The van der Waals surface area contributed by atoms with Gasteiger partial charge in [-0.1, -0.05) is 15.9 Å². The first-order valence-electron chi connectivity index (χ1n) is 5.23. The van der Waals surface area contributed by atoms with Crippen LogP contribution >= 0.6 is 27.7 Å². The quantitative estimate of drug-likeness (QED) is 0.614. The Bertz CT molecular complexity index is 577. The van der Waals surface area contributed by atoms with E-state index in [1.807, 2.05) is 6.26 Å². The number of nitrogens with zero attached hydrogens (tertiary/aromatic N) is 1. The van der Waals surface area contributed by atoms with Gasteiger partial charge in [0.1, 0.15) is 0 Å². The van der Waals surface area contributed by atoms with E-state index in [0.29, 0.717) is 10.2 Å². The Morgan fingerprint density at radius 1 is 1.53 bits per heavy atom. The normalized spacial score (nSPS) is 13.2. The molecule has 0 aliphatic carbocycles. The fourth-order valence-electron chi connectivity index (χ4n) is 1.47. The van der Waals surface area contributed by atoms with Crippen LogP contribution in [0.25, 0.3) is 0 Å². The molecule has 1 aromatic rings. The van der Waals surface area contributed by atoms with Gasteiger partial charge in [0.05, 0.1) is 4.92 Å². The van der Waals surface area contributed by atoms with Gasteiger partial charge in [0.15, 0.2) is 4.90 Å². The van der Waals surface area contributed by atoms with Crippen molar-refractivity contribution in [3.63, 3.8) is 0 Å². The molecule has 0 saturated carbocycles. The van der Waals surface area contributed by atoms with Crippen LogP contribution in [0.15, 0.2) is 27.6 Å². The molecule has 0 spiro atoms. The second kappa shape index (κ2) is 6.69. The van der Waals surface area contributed by atoms with Gasteiger partial charge in [0.25, 0.3) is 5.69 Å². The molecule has 6 nitrogen and oxygen atoms in total. The van der Waals surface area contributed by atoms with Crippen molar-refractivity contribution in [2.24, 2.45) is 0 Å². The lowest BCUT2D eigenvalue weighted by Gasteiger charge is -2.13. The number of sulfonamides is 1. The van der Waals surface area contributed by atoms with Gasteiger partial charge in [-0.2, -0.15) is 11.8 Å². The summed E-state index contributed by atoms with van der Waals surface area (Å²) >= 11 is 4.61. The molecule has 19 heavy (non-hydrogen) atoms. The van der Waals surface area contributed by atoms with Gasteiger partial charge in [0.2, 0.25) is 10.0 Å². The minimum absolute atomic E-state index is 0.307. The average Bonchev–Trinajstić information content (AvgIpc) is 2.27. The molecule has 1 rings (SSSR count). The number of hydrogen-bond donors (Lipinski definition) is 1. The Hall–Kier alpha value is -0.640. The van der Waals surface area contributed by atoms with Crippen molar-refractivity contribution >= 4 is 43.4 Å². The lowest BCUT2D eigenvalue weighted by molar-refractivity contribution is -0.387. The lowest BCUT2D eigenvalue weighted by Crippen LogP contribution is -2.34. The van der Waals surface area contributed by atoms with Crippen molar-refractivity contribution in [2.75, 3.05) is 12.0 Å². The van der Waals surface area contributed by atoms with Crippen molar-refractivity contribution in [3.8, 4) is 0 Å². The van der Waals surface area contributed by atoms with E-state index in [4.69, 9.17) is 0 Å². The number of rotatable bonds is 6. The van der Waals surface area contributed by atoms with Crippen molar-refractivity contribution in [1.82, 2.24) is 4.72 Å². The smallest absolute Gasteiger partial charge is 0.258 e. The van der Waals surface area contributed by atoms with E-state index in [1.54, 1.807) is 6.92 Å². The molecule has 0 aromatic heterocycles. The molecule has 0 amide bonds. The number of benzene rings is 1. The summed E-state index contributed by atoms with van der Waals surface area (Å²) < 4.78 is 27.2. The third kappa shape index (κ3) is 4.44. The summed E-state index contributed by atoms with van der Waals surface area (Å²) in [6, 6.07) is 3.52. The molecular weight excluding hydrogens is 356 g/mol. The highest BCUT2D eigenvalue weighted by molar-refractivity contribution is 9.10. The van der Waals surface area contributed by atoms with Gasteiger partial charge < -0.3 is 0 Å². The molecule has 0 heterocycles. The van der Waals surface area contributed by atoms with Crippen LogP contribution in [0.1, 0.15) is 6.92 Å². The number of hydrogen-bond acceptors (Lipinski definition) is 5. The van der Waals surface area contributed by atoms with E-state index in [2.05, 4.69) is 20.7 Å². The van der Waals surface area contributed by atoms with Crippen LogP contribution in [-0.2, 0) is 10.0 Å². The number of nitrogens with one attached hydrogen (secondary N) is 1. The van der Waals surface area contributed by atoms with Crippen LogP contribution < -0.4 is 4.72 Å². The van der Waals surface area contributed by atoms with Crippen LogP contribution in [0.5, 0.6) is 0 Å². The Kier molecular flexibility index (Phi) is 5.78. The minimum atomic E-state index is -3.91. The first kappa shape index (κ1) is 16.4. The molecule has 0 radical (unpaired) electrons. The molecular formula is C10H13BrN2O4S2. The maximum atomic E-state index is 12.1. The van der Waals surface area contributed by atoms with E-state index in [0.717, 1.165) is 6.07 Å². The predicted octanol–water partition coefficient (Wildman–Crippen LogP) is 2.39. The van der Waals surface area contributed by atoms with Crippen molar-refractivity contribution in [3.05, 3.63) is 32.8 Å². The third-order valence-electron chi connectivity index (χ3n) is 2.18. The van der Waals surface area contributed by atoms with Crippen molar-refractivity contribution < 1.29 is 13.3 Å². The largest absolute Gasteiger partial charge is 0.289 e. The molecule has 1 N–H and O–H groups in total. The number of thioether (sulfide) groups is 1. The molecule has 0 aliphatic rings. The molecule has 0 fully saturated rings. The molecule has 0 bridgehead atoms. The summed E-state index contributed by atoms with van der Waals surface area (Å²) in [7, 11) is -3.91. The van der Waals surface area contributed by atoms with Crippen molar-refractivity contribution in [1.29, 1.82) is 0 Å². The fraction of sp³-hybridized carbons (Fsp3) is 0.400. The van der Waals surface area contributed by atoms with E-state index < -0.39 is 20.6 Å². The Labute approximate surface area is 124 Å². The molecule has 106 valence electrons. The Morgan fingerprint density at radius 2 is 2.16 bits per heavy atom. The highest BCUT2D eigenvalue weighted by Gasteiger charge is 2.27. The summed E-state index contributed by atoms with van der Waals surface area (Å²) in [5.74, 6) is 0.584. The first-order valence-corrected chi connectivity index (χ1v) is 8.90. The average molecular weight is 369 g/mol. The highest BCUT2D eigenvalue weighted by atomic mass is 79.9. The number of nitro benzene ring substituents is 1. The lowest BCUT2D eigenvalue weighted by atomic mass is 10.3. The summed E-state index contributed by atoms with van der Waals surface area (Å²) in [6.45, 7) is 1.71. The van der Waals surface area contributed by atoms with Crippen LogP contribution in [0.2, 0.25) is 0 Å². The second-order valence-corrected chi connectivity index (χ2v) is 7.36. The zero-order valence-corrected chi connectivity index (χ0v) is 13.5. The summed E-state index contributed by atoms with van der Waals surface area (Å²) in [6.07, 6.45) is 1.85. The third-order valence-corrected chi connectivity index (χ3v) is 5.13. The molecule has 0 aliphatic heterocycles. The summed E-state index contributed by atoms with van der Waals surface area (Å²) in [5, 5.41) is 10.9. The molecule has 1 unspecified atom stereocenters. The SMILES string of the molecule is CSCC(C)NS(=O)(=O)c1cc(Br)ccc1[N+](=O)[O-]. The Balaban J connectivity index is 3.20. The molecule has 9 heteroatoms. The molecule has 1 atom stereocenters. The van der Waals surface area contributed by atoms with Gasteiger partial charge in [-0.3, -0.25) is 10.1 Å². The highest BCUT2D eigenvalue weighted by Crippen LogP contribution is 2.27. The number of halogens is 1. The fourth-order valence-corrected chi connectivity index (χ4v) is 4.11. The topological polar surface area (TPSA) is 89.3 Å². The van der Waals surface area contributed by atoms with Gasteiger partial charge in [-0.15, -0.1) is 0 Å². The van der Waals surface area contributed by atoms with E-state index >= 15 is 0 Å². The van der Waals surface area contributed by atoms with Gasteiger partial charge >= 0.3 is 0 Å². The zero-order chi connectivity index (χ0) is 14.6. The van der Waals surface area contributed by atoms with Crippen LogP contribution in [0.3, 0.4) is 0 Å². The van der Waals surface area contributed by atoms with Crippen LogP contribution in [0.4, 0.5) is 5.69 Å². The molecule has 1 aromatic carbocycles. The van der Waals surface area contributed by atoms with Gasteiger partial charge in [-0.25, -0.2) is 13.1 Å². The van der Waals surface area contributed by atoms with E-state index in [-0.39, 0.29) is 10.9 Å². The second-order valence-electron chi connectivity index (χ2n) is 3.85. The first-order chi connectivity index (χ1) is 8.77. The maximum Gasteiger partial charge on any atom is 0.289 e. The van der Waals surface area contributed by atoms with Crippen LogP contribution in [-0.4, -0.2) is 31.4 Å². The summed E-state index contributed by atoms with van der Waals surface area (Å²) in [5.41, 5.74) is -0.438. The predicted molar refractivity (Wildman–Crippen MR) is 79.0 cm³/mol. The van der Waals surface area contributed by atoms with E-state index in [9.17, 15) is 18.5 Å².